The molecule has 2 aromatic carbocycles. The Morgan fingerprint density at radius 2 is 1.38 bits per heavy atom. The standard InChI is InChI=1S/C16H16N2O2S/c1-13(12-17)21(19,20)18-16(14-8-4-2-5-9-14)15-10-6-3-7-11-15/h2-11,13,16,18H,1H3. The van der Waals surface area contributed by atoms with Crippen molar-refractivity contribution in [1.29, 1.82) is 5.26 Å². The van der Waals surface area contributed by atoms with Crippen LogP contribution in [0.5, 0.6) is 0 Å². The van der Waals surface area contributed by atoms with Gasteiger partial charge in [-0.2, -0.15) is 5.26 Å². The Kier molecular flexibility index (Phi) is 4.73. The van der Waals surface area contributed by atoms with Gasteiger partial charge in [0, 0.05) is 0 Å². The summed E-state index contributed by atoms with van der Waals surface area (Å²) < 4.78 is 27.0. The Balaban J connectivity index is 2.42. The lowest BCUT2D eigenvalue weighted by molar-refractivity contribution is 0.567. The molecule has 0 bridgehead atoms. The first-order valence-electron chi connectivity index (χ1n) is 6.55. The van der Waals surface area contributed by atoms with Crippen molar-refractivity contribution in [2.24, 2.45) is 0 Å². The van der Waals surface area contributed by atoms with Gasteiger partial charge in [0.05, 0.1) is 12.1 Å². The first kappa shape index (κ1) is 15.2. The highest BCUT2D eigenvalue weighted by Crippen LogP contribution is 2.23. The maximum absolute atomic E-state index is 12.2. The molecule has 0 saturated carbocycles. The monoisotopic (exact) mass is 300 g/mol. The molecule has 0 aliphatic rings. The molecule has 0 aromatic heterocycles. The summed E-state index contributed by atoms with van der Waals surface area (Å²) in [5.41, 5.74) is 1.66. The molecule has 1 atom stereocenters. The molecule has 0 heterocycles. The summed E-state index contributed by atoms with van der Waals surface area (Å²) in [7, 11) is -3.72. The molecule has 1 unspecified atom stereocenters. The molecule has 2 rings (SSSR count). The second kappa shape index (κ2) is 6.53. The minimum absolute atomic E-state index is 0.506. The number of rotatable bonds is 5. The second-order valence-corrected chi connectivity index (χ2v) is 6.72. The highest BCUT2D eigenvalue weighted by Gasteiger charge is 2.26. The quantitative estimate of drug-likeness (QED) is 0.922. The fourth-order valence-corrected chi connectivity index (χ4v) is 2.90. The predicted octanol–water partition coefficient (Wildman–Crippen LogP) is 2.61. The van der Waals surface area contributed by atoms with Crippen molar-refractivity contribution in [3.05, 3.63) is 71.8 Å². The lowest BCUT2D eigenvalue weighted by atomic mass is 10.00. The Labute approximate surface area is 125 Å². The fraction of sp³-hybridized carbons (Fsp3) is 0.188. The summed E-state index contributed by atoms with van der Waals surface area (Å²) >= 11 is 0. The van der Waals surface area contributed by atoms with E-state index in [1.165, 1.54) is 6.92 Å². The summed E-state index contributed by atoms with van der Waals surface area (Å²) in [5.74, 6) is 0. The van der Waals surface area contributed by atoms with Crippen molar-refractivity contribution in [1.82, 2.24) is 4.72 Å². The van der Waals surface area contributed by atoms with Crippen LogP contribution in [0.2, 0.25) is 0 Å². The lowest BCUT2D eigenvalue weighted by Gasteiger charge is -2.20. The summed E-state index contributed by atoms with van der Waals surface area (Å²) in [4.78, 5) is 0. The fourth-order valence-electron chi connectivity index (χ4n) is 1.96. The van der Waals surface area contributed by atoms with E-state index in [1.54, 1.807) is 6.07 Å². The zero-order valence-electron chi connectivity index (χ0n) is 11.6. The van der Waals surface area contributed by atoms with Crippen molar-refractivity contribution < 1.29 is 8.42 Å². The van der Waals surface area contributed by atoms with Gasteiger partial charge in [-0.15, -0.1) is 0 Å². The van der Waals surface area contributed by atoms with Gasteiger partial charge in [0.1, 0.15) is 0 Å². The van der Waals surface area contributed by atoms with E-state index in [0.717, 1.165) is 11.1 Å². The van der Waals surface area contributed by atoms with E-state index in [4.69, 9.17) is 5.26 Å². The van der Waals surface area contributed by atoms with Crippen LogP contribution < -0.4 is 4.72 Å². The van der Waals surface area contributed by atoms with Crippen LogP contribution in [0.4, 0.5) is 0 Å². The summed E-state index contributed by atoms with van der Waals surface area (Å²) in [6, 6.07) is 19.9. The van der Waals surface area contributed by atoms with Gasteiger partial charge >= 0.3 is 0 Å². The van der Waals surface area contributed by atoms with Crippen molar-refractivity contribution >= 4 is 10.0 Å². The van der Waals surface area contributed by atoms with Crippen molar-refractivity contribution in [2.45, 2.75) is 18.2 Å². The highest BCUT2D eigenvalue weighted by molar-refractivity contribution is 7.90. The molecule has 0 saturated heterocycles. The zero-order chi connectivity index (χ0) is 15.3. The second-order valence-electron chi connectivity index (χ2n) is 4.69. The Morgan fingerprint density at radius 3 is 1.76 bits per heavy atom. The Morgan fingerprint density at radius 1 is 0.952 bits per heavy atom. The van der Waals surface area contributed by atoms with Crippen molar-refractivity contribution in [3.8, 4) is 6.07 Å². The van der Waals surface area contributed by atoms with E-state index in [9.17, 15) is 8.42 Å². The Hall–Kier alpha value is -2.16. The average molecular weight is 300 g/mol. The molecule has 0 aliphatic carbocycles. The molecule has 0 spiro atoms. The molecule has 0 fully saturated rings. The Bertz CT molecular complexity index is 682. The van der Waals surface area contributed by atoms with Crippen LogP contribution in [0.25, 0.3) is 0 Å². The molecular weight excluding hydrogens is 284 g/mol. The van der Waals surface area contributed by atoms with Gasteiger partial charge in [-0.1, -0.05) is 60.7 Å². The van der Waals surface area contributed by atoms with Crippen LogP contribution in [-0.4, -0.2) is 13.7 Å². The minimum Gasteiger partial charge on any atom is -0.211 e. The number of nitrogens with one attached hydrogen (secondary N) is 1. The number of hydrogen-bond donors (Lipinski definition) is 1. The third-order valence-corrected chi connectivity index (χ3v) is 4.80. The van der Waals surface area contributed by atoms with E-state index in [0.29, 0.717) is 0 Å². The first-order chi connectivity index (χ1) is 10.0. The van der Waals surface area contributed by atoms with Gasteiger partial charge in [0.25, 0.3) is 0 Å². The van der Waals surface area contributed by atoms with Gasteiger partial charge in [-0.25, -0.2) is 13.1 Å². The largest absolute Gasteiger partial charge is 0.228 e. The van der Waals surface area contributed by atoms with Gasteiger partial charge in [-0.05, 0) is 18.1 Å². The molecule has 0 amide bonds. The number of hydrogen-bond acceptors (Lipinski definition) is 3. The number of sulfonamides is 1. The lowest BCUT2D eigenvalue weighted by Crippen LogP contribution is -2.35. The molecule has 5 heteroatoms. The van der Waals surface area contributed by atoms with Crippen LogP contribution in [0.15, 0.2) is 60.7 Å². The van der Waals surface area contributed by atoms with Crippen LogP contribution in [0.3, 0.4) is 0 Å². The summed E-state index contributed by atoms with van der Waals surface area (Å²) in [5, 5.41) is 7.75. The molecule has 1 N–H and O–H groups in total. The van der Waals surface area contributed by atoms with Gasteiger partial charge in [-0.3, -0.25) is 0 Å². The molecule has 108 valence electrons. The molecule has 21 heavy (non-hydrogen) atoms. The normalized spacial score (nSPS) is 12.8. The smallest absolute Gasteiger partial charge is 0.211 e. The van der Waals surface area contributed by atoms with E-state index >= 15 is 0 Å². The third kappa shape index (κ3) is 3.69. The SMILES string of the molecule is CC(C#N)S(=O)(=O)NC(c1ccccc1)c1ccccc1. The average Bonchev–Trinajstić information content (AvgIpc) is 2.53. The maximum Gasteiger partial charge on any atom is 0.228 e. The number of nitriles is 1. The number of nitrogens with zero attached hydrogens (tertiary/aromatic N) is 1. The topological polar surface area (TPSA) is 70.0 Å². The van der Waals surface area contributed by atoms with Crippen molar-refractivity contribution in [2.75, 3.05) is 0 Å². The third-order valence-electron chi connectivity index (χ3n) is 3.20. The zero-order valence-corrected chi connectivity index (χ0v) is 12.4. The van der Waals surface area contributed by atoms with Gasteiger partial charge < -0.3 is 0 Å². The summed E-state index contributed by atoms with van der Waals surface area (Å²) in [6.45, 7) is 1.37. The van der Waals surface area contributed by atoms with Crippen molar-refractivity contribution in [3.63, 3.8) is 0 Å². The maximum atomic E-state index is 12.2. The molecule has 0 aliphatic heterocycles. The first-order valence-corrected chi connectivity index (χ1v) is 8.10. The van der Waals surface area contributed by atoms with E-state index in [1.807, 2.05) is 60.7 Å². The van der Waals surface area contributed by atoms with E-state index in [-0.39, 0.29) is 0 Å². The summed E-state index contributed by atoms with van der Waals surface area (Å²) in [6.07, 6.45) is 0. The van der Waals surface area contributed by atoms with E-state index in [2.05, 4.69) is 4.72 Å². The molecule has 2 aromatic rings. The molecular formula is C16H16N2O2S. The van der Waals surface area contributed by atoms with E-state index < -0.39 is 21.3 Å². The van der Waals surface area contributed by atoms with Crippen LogP contribution in [0, 0.1) is 11.3 Å². The van der Waals surface area contributed by atoms with Gasteiger partial charge in [0.15, 0.2) is 5.25 Å². The van der Waals surface area contributed by atoms with Gasteiger partial charge in [0.2, 0.25) is 10.0 Å². The minimum atomic E-state index is -3.72. The van der Waals surface area contributed by atoms with Crippen LogP contribution in [0.1, 0.15) is 24.1 Å². The number of benzene rings is 2. The predicted molar refractivity (Wildman–Crippen MR) is 81.9 cm³/mol. The van der Waals surface area contributed by atoms with Crippen LogP contribution >= 0.6 is 0 Å². The highest BCUT2D eigenvalue weighted by atomic mass is 32.2. The van der Waals surface area contributed by atoms with Crippen LogP contribution in [-0.2, 0) is 10.0 Å². The molecule has 0 radical (unpaired) electrons. The molecule has 4 nitrogen and oxygen atoms in total.